The Hall–Kier alpha value is -4.52. The Balaban J connectivity index is 1.37. The molecule has 4 aromatic rings. The van der Waals surface area contributed by atoms with Crippen LogP contribution in [-0.2, 0) is 9.47 Å². The van der Waals surface area contributed by atoms with Gasteiger partial charge in [-0.25, -0.2) is 9.59 Å². The van der Waals surface area contributed by atoms with Crippen molar-refractivity contribution in [3.05, 3.63) is 108 Å². The molecule has 0 N–H and O–H groups in total. The fourth-order valence-electron chi connectivity index (χ4n) is 3.87. The summed E-state index contributed by atoms with van der Waals surface area (Å²) >= 11 is 0. The fourth-order valence-corrected chi connectivity index (χ4v) is 3.87. The molecule has 37 heavy (non-hydrogen) atoms. The monoisotopic (exact) mass is 494 g/mol. The second-order valence-electron chi connectivity index (χ2n) is 7.99. The Morgan fingerprint density at radius 2 is 0.946 bits per heavy atom. The lowest BCUT2D eigenvalue weighted by Gasteiger charge is -2.12. The number of ether oxygens (including phenoxy) is 2. The van der Waals surface area contributed by atoms with Crippen molar-refractivity contribution in [3.8, 4) is 33.8 Å². The normalized spacial score (nSPS) is 10.3. The Labute approximate surface area is 217 Å². The molecule has 0 atom stereocenters. The van der Waals surface area contributed by atoms with Gasteiger partial charge in [0.25, 0.3) is 0 Å². The first kappa shape index (κ1) is 25.6. The molecule has 0 fully saturated rings. The van der Waals surface area contributed by atoms with Crippen LogP contribution in [0.25, 0.3) is 22.3 Å². The fraction of sp³-hybridized carbons (Fsp3) is 0.133. The largest absolute Gasteiger partial charge is 0.576 e. The van der Waals surface area contributed by atoms with Gasteiger partial charge in [-0.05, 0) is 72.5 Å². The summed E-state index contributed by atoms with van der Waals surface area (Å²) in [7, 11) is 0.0253. The van der Waals surface area contributed by atoms with Gasteiger partial charge in [0.05, 0.1) is 24.3 Å². The molecule has 0 saturated carbocycles. The number of hydrogen-bond acceptors (Lipinski definition) is 6. The molecule has 4 rings (SSSR count). The van der Waals surface area contributed by atoms with Crippen LogP contribution in [0.4, 0.5) is 0 Å². The summed E-state index contributed by atoms with van der Waals surface area (Å²) in [5.74, 6) is 0.583. The smallest absolute Gasteiger partial charge is 0.529 e. The maximum Gasteiger partial charge on any atom is 0.576 e. The summed E-state index contributed by atoms with van der Waals surface area (Å²) in [5, 5.41) is 0. The molecule has 6 nitrogen and oxygen atoms in total. The quantitative estimate of drug-likeness (QED) is 0.196. The van der Waals surface area contributed by atoms with Crippen LogP contribution in [0.15, 0.2) is 97.1 Å². The molecule has 0 aliphatic carbocycles. The Bertz CT molecular complexity index is 1240. The first-order chi connectivity index (χ1) is 18.1. The van der Waals surface area contributed by atoms with Crippen molar-refractivity contribution in [2.75, 3.05) is 13.2 Å². The Morgan fingerprint density at radius 3 is 1.32 bits per heavy atom. The van der Waals surface area contributed by atoms with E-state index in [0.29, 0.717) is 35.8 Å². The molecule has 0 aliphatic heterocycles. The summed E-state index contributed by atoms with van der Waals surface area (Å²) in [6, 6.07) is 29.6. The second kappa shape index (κ2) is 12.4. The van der Waals surface area contributed by atoms with Crippen molar-refractivity contribution in [3.63, 3.8) is 0 Å². The van der Waals surface area contributed by atoms with Crippen LogP contribution in [0.5, 0.6) is 11.5 Å². The van der Waals surface area contributed by atoms with E-state index in [9.17, 15) is 9.59 Å². The van der Waals surface area contributed by atoms with Gasteiger partial charge in [-0.15, -0.1) is 0 Å². The molecule has 7 heteroatoms. The van der Waals surface area contributed by atoms with Crippen molar-refractivity contribution < 1.29 is 28.4 Å². The van der Waals surface area contributed by atoms with E-state index >= 15 is 0 Å². The summed E-state index contributed by atoms with van der Waals surface area (Å²) in [6.07, 6.45) is 0. The van der Waals surface area contributed by atoms with E-state index < -0.39 is 0 Å². The van der Waals surface area contributed by atoms with Gasteiger partial charge in [-0.1, -0.05) is 60.7 Å². The van der Waals surface area contributed by atoms with E-state index in [2.05, 4.69) is 0 Å². The van der Waals surface area contributed by atoms with Crippen LogP contribution in [0.1, 0.15) is 34.6 Å². The first-order valence-corrected chi connectivity index (χ1v) is 12.1. The van der Waals surface area contributed by atoms with E-state index in [1.165, 1.54) is 0 Å². The van der Waals surface area contributed by atoms with Crippen LogP contribution in [-0.4, -0.2) is 32.8 Å². The zero-order chi connectivity index (χ0) is 26.0. The number of rotatable bonds is 10. The maximum atomic E-state index is 12.3. The zero-order valence-electron chi connectivity index (χ0n) is 20.8. The van der Waals surface area contributed by atoms with Crippen LogP contribution < -0.4 is 9.31 Å². The van der Waals surface area contributed by atoms with Crippen LogP contribution in [0.3, 0.4) is 0 Å². The van der Waals surface area contributed by atoms with Crippen LogP contribution in [0, 0.1) is 0 Å². The molecule has 0 radical (unpaired) electrons. The summed E-state index contributed by atoms with van der Waals surface area (Å²) < 4.78 is 21.8. The predicted molar refractivity (Wildman–Crippen MR) is 144 cm³/mol. The van der Waals surface area contributed by atoms with Crippen molar-refractivity contribution >= 4 is 19.6 Å². The molecule has 0 saturated heterocycles. The van der Waals surface area contributed by atoms with Crippen molar-refractivity contribution in [2.24, 2.45) is 0 Å². The number of carbonyl (C=O) groups is 2. The highest BCUT2D eigenvalue weighted by atomic mass is 16.6. The SMILES string of the molecule is CCOC(=O)c1ccccc1-c1ccc(OBOc2ccc(-c3ccccc3C(=O)OCC)cc2)cc1. The minimum atomic E-state index is -0.345. The number of benzene rings is 4. The number of carbonyl (C=O) groups excluding carboxylic acids is 2. The van der Waals surface area contributed by atoms with Gasteiger partial charge < -0.3 is 18.8 Å². The molecule has 186 valence electrons. The van der Waals surface area contributed by atoms with Gasteiger partial charge in [-0.3, -0.25) is 0 Å². The lowest BCUT2D eigenvalue weighted by molar-refractivity contribution is 0.0517. The highest BCUT2D eigenvalue weighted by Gasteiger charge is 2.14. The Kier molecular flexibility index (Phi) is 8.60. The predicted octanol–water partition coefficient (Wildman–Crippen LogP) is 6.10. The second-order valence-corrected chi connectivity index (χ2v) is 7.99. The highest BCUT2D eigenvalue weighted by molar-refractivity contribution is 6.20. The lowest BCUT2D eigenvalue weighted by atomic mass is 9.99. The molecule has 0 bridgehead atoms. The third-order valence-electron chi connectivity index (χ3n) is 5.63. The Morgan fingerprint density at radius 1 is 0.568 bits per heavy atom. The van der Waals surface area contributed by atoms with E-state index in [1.807, 2.05) is 84.9 Å². The third kappa shape index (κ3) is 6.38. The van der Waals surface area contributed by atoms with E-state index in [4.69, 9.17) is 18.8 Å². The van der Waals surface area contributed by atoms with E-state index in [1.54, 1.807) is 26.0 Å². The average molecular weight is 494 g/mol. The average Bonchev–Trinajstić information content (AvgIpc) is 2.94. The topological polar surface area (TPSA) is 71.1 Å². The van der Waals surface area contributed by atoms with Gasteiger partial charge in [0, 0.05) is 0 Å². The van der Waals surface area contributed by atoms with Gasteiger partial charge in [0.15, 0.2) is 0 Å². The first-order valence-electron chi connectivity index (χ1n) is 12.1. The maximum absolute atomic E-state index is 12.3. The molecule has 0 heterocycles. The lowest BCUT2D eigenvalue weighted by Crippen LogP contribution is -2.11. The molecule has 4 aromatic carbocycles. The van der Waals surface area contributed by atoms with Crippen molar-refractivity contribution in [2.45, 2.75) is 13.8 Å². The minimum absolute atomic E-state index is 0.0253. The minimum Gasteiger partial charge on any atom is -0.529 e. The van der Waals surface area contributed by atoms with Gasteiger partial charge in [0.1, 0.15) is 11.5 Å². The molecule has 0 spiro atoms. The molecule has 0 amide bonds. The summed E-state index contributed by atoms with van der Waals surface area (Å²) in [4.78, 5) is 24.5. The molecule has 0 aliphatic rings. The van der Waals surface area contributed by atoms with Crippen molar-refractivity contribution in [1.82, 2.24) is 0 Å². The number of hydrogen-bond donors (Lipinski definition) is 0. The third-order valence-corrected chi connectivity index (χ3v) is 5.63. The molecule has 0 unspecified atom stereocenters. The molecular formula is C30H27BO6. The van der Waals surface area contributed by atoms with E-state index in [-0.39, 0.29) is 19.6 Å². The molecule has 0 aromatic heterocycles. The molecular weight excluding hydrogens is 467 g/mol. The van der Waals surface area contributed by atoms with Crippen LogP contribution in [0.2, 0.25) is 0 Å². The number of esters is 2. The zero-order valence-corrected chi connectivity index (χ0v) is 20.8. The van der Waals surface area contributed by atoms with Gasteiger partial charge in [-0.2, -0.15) is 0 Å². The highest BCUT2D eigenvalue weighted by Crippen LogP contribution is 2.28. The standard InChI is InChI=1S/C30H27BO6/c1-3-34-29(32)27-11-7-5-9-25(27)21-13-17-23(18-14-21)36-31-37-24-19-15-22(16-20-24)26-10-6-8-12-28(26)30(33)35-4-2/h5-20,31H,3-4H2,1-2H3. The summed E-state index contributed by atoms with van der Waals surface area (Å²) in [6.45, 7) is 4.22. The van der Waals surface area contributed by atoms with Gasteiger partial charge >= 0.3 is 19.6 Å². The van der Waals surface area contributed by atoms with Gasteiger partial charge in [0.2, 0.25) is 0 Å². The van der Waals surface area contributed by atoms with Crippen LogP contribution >= 0.6 is 0 Å². The summed E-state index contributed by atoms with van der Waals surface area (Å²) in [5.41, 5.74) is 4.41. The van der Waals surface area contributed by atoms with Crippen molar-refractivity contribution in [1.29, 1.82) is 0 Å². The van der Waals surface area contributed by atoms with E-state index in [0.717, 1.165) is 22.3 Å².